The molecule has 1 unspecified atom stereocenters. The van der Waals surface area contributed by atoms with E-state index in [1.54, 1.807) is 7.11 Å². The van der Waals surface area contributed by atoms with E-state index in [0.29, 0.717) is 26.4 Å². The molecule has 0 aromatic rings. The smallest absolute Gasteiger partial charge is 0.0841 e. The Morgan fingerprint density at radius 3 is 2.62 bits per heavy atom. The van der Waals surface area contributed by atoms with Crippen molar-refractivity contribution in [2.75, 3.05) is 33.5 Å². The molecule has 13 heavy (non-hydrogen) atoms. The van der Waals surface area contributed by atoms with Gasteiger partial charge in [0.1, 0.15) is 0 Å². The highest BCUT2D eigenvalue weighted by Gasteiger charge is 2.47. The van der Waals surface area contributed by atoms with Gasteiger partial charge in [0.15, 0.2) is 0 Å². The number of nitrogens with two attached hydrogens (primary N) is 1. The predicted octanol–water partition coefficient (Wildman–Crippen LogP) is -0.251. The average Bonchev–Trinajstić information content (AvgIpc) is 2.93. The fourth-order valence-electron chi connectivity index (χ4n) is 1.35. The summed E-state index contributed by atoms with van der Waals surface area (Å²) in [6, 6.07) is 0. The first-order chi connectivity index (χ1) is 6.25. The molecular formula is C9H19NO3. The van der Waals surface area contributed by atoms with Gasteiger partial charge >= 0.3 is 0 Å². The second-order valence-corrected chi connectivity index (χ2v) is 3.65. The number of aliphatic hydroxyl groups is 1. The van der Waals surface area contributed by atoms with Crippen LogP contribution in [0.3, 0.4) is 0 Å². The van der Waals surface area contributed by atoms with Crippen LogP contribution in [0.25, 0.3) is 0 Å². The first kappa shape index (κ1) is 10.9. The number of methoxy groups -OCH3 is 1. The highest BCUT2D eigenvalue weighted by Crippen LogP contribution is 2.47. The minimum absolute atomic E-state index is 0.0347. The summed E-state index contributed by atoms with van der Waals surface area (Å²) < 4.78 is 10.1. The van der Waals surface area contributed by atoms with E-state index in [-0.39, 0.29) is 5.41 Å². The van der Waals surface area contributed by atoms with Crippen molar-refractivity contribution in [3.8, 4) is 0 Å². The van der Waals surface area contributed by atoms with Gasteiger partial charge in [-0.2, -0.15) is 0 Å². The number of hydrogen-bond donors (Lipinski definition) is 2. The van der Waals surface area contributed by atoms with Crippen molar-refractivity contribution in [1.29, 1.82) is 0 Å². The standard InChI is InChI=1S/C9H19NO3/c1-12-4-5-13-6-8(11)9(7-10)2-3-9/h8,11H,2-7,10H2,1H3. The molecule has 3 N–H and O–H groups in total. The van der Waals surface area contributed by atoms with Crippen molar-refractivity contribution in [3.63, 3.8) is 0 Å². The molecule has 0 saturated heterocycles. The SMILES string of the molecule is COCCOCC(O)C1(CN)CC1. The number of ether oxygens (including phenoxy) is 2. The van der Waals surface area contributed by atoms with E-state index in [9.17, 15) is 5.11 Å². The Morgan fingerprint density at radius 2 is 2.15 bits per heavy atom. The fraction of sp³-hybridized carbons (Fsp3) is 1.00. The van der Waals surface area contributed by atoms with Crippen LogP contribution in [-0.4, -0.2) is 44.7 Å². The van der Waals surface area contributed by atoms with Gasteiger partial charge in [0.25, 0.3) is 0 Å². The number of rotatable bonds is 7. The lowest BCUT2D eigenvalue weighted by molar-refractivity contribution is -0.0159. The average molecular weight is 189 g/mol. The monoisotopic (exact) mass is 189 g/mol. The molecule has 4 heteroatoms. The quantitative estimate of drug-likeness (QED) is 0.542. The minimum atomic E-state index is -0.408. The summed E-state index contributed by atoms with van der Waals surface area (Å²) >= 11 is 0. The molecule has 0 amide bonds. The third kappa shape index (κ3) is 2.91. The second kappa shape index (κ2) is 4.91. The maximum atomic E-state index is 9.69. The van der Waals surface area contributed by atoms with Crippen LogP contribution in [0.5, 0.6) is 0 Å². The molecule has 0 bridgehead atoms. The summed E-state index contributed by atoms with van der Waals surface area (Å²) in [5.74, 6) is 0. The van der Waals surface area contributed by atoms with Gasteiger partial charge in [0.2, 0.25) is 0 Å². The first-order valence-corrected chi connectivity index (χ1v) is 4.70. The molecule has 0 spiro atoms. The predicted molar refractivity (Wildman–Crippen MR) is 49.4 cm³/mol. The van der Waals surface area contributed by atoms with Crippen molar-refractivity contribution < 1.29 is 14.6 Å². The van der Waals surface area contributed by atoms with Crippen LogP contribution in [-0.2, 0) is 9.47 Å². The van der Waals surface area contributed by atoms with Crippen LogP contribution in [0.2, 0.25) is 0 Å². The Hall–Kier alpha value is -0.160. The third-order valence-electron chi connectivity index (χ3n) is 2.71. The normalized spacial score (nSPS) is 21.5. The molecule has 4 nitrogen and oxygen atoms in total. The molecule has 0 heterocycles. The Bertz CT molecular complexity index is 148. The molecule has 0 radical (unpaired) electrons. The van der Waals surface area contributed by atoms with Crippen molar-refractivity contribution in [1.82, 2.24) is 0 Å². The zero-order valence-corrected chi connectivity index (χ0v) is 8.16. The summed E-state index contributed by atoms with van der Waals surface area (Å²) in [6.07, 6.45) is 1.64. The lowest BCUT2D eigenvalue weighted by Crippen LogP contribution is -2.33. The van der Waals surface area contributed by atoms with E-state index in [1.807, 2.05) is 0 Å². The van der Waals surface area contributed by atoms with Crippen LogP contribution >= 0.6 is 0 Å². The lowest BCUT2D eigenvalue weighted by atomic mass is 10.0. The van der Waals surface area contributed by atoms with Gasteiger partial charge in [0.05, 0.1) is 25.9 Å². The van der Waals surface area contributed by atoms with Crippen molar-refractivity contribution >= 4 is 0 Å². The molecule has 0 aromatic heterocycles. The summed E-state index contributed by atoms with van der Waals surface area (Å²) in [7, 11) is 1.63. The van der Waals surface area contributed by atoms with E-state index < -0.39 is 6.10 Å². The molecule has 1 atom stereocenters. The molecule has 1 fully saturated rings. The Labute approximate surface area is 79.0 Å². The molecule has 0 aromatic carbocycles. The minimum Gasteiger partial charge on any atom is -0.390 e. The largest absolute Gasteiger partial charge is 0.390 e. The van der Waals surface area contributed by atoms with Crippen LogP contribution in [0.1, 0.15) is 12.8 Å². The maximum absolute atomic E-state index is 9.69. The topological polar surface area (TPSA) is 64.7 Å². The fourth-order valence-corrected chi connectivity index (χ4v) is 1.35. The molecule has 1 saturated carbocycles. The summed E-state index contributed by atoms with van der Waals surface area (Å²) in [5.41, 5.74) is 5.53. The second-order valence-electron chi connectivity index (χ2n) is 3.65. The lowest BCUT2D eigenvalue weighted by Gasteiger charge is -2.19. The summed E-state index contributed by atoms with van der Waals surface area (Å²) in [5, 5.41) is 9.69. The van der Waals surface area contributed by atoms with E-state index in [2.05, 4.69) is 0 Å². The summed E-state index contributed by atoms with van der Waals surface area (Å²) in [6.45, 7) is 2.04. The molecule has 1 aliphatic rings. The van der Waals surface area contributed by atoms with Gasteiger partial charge < -0.3 is 20.3 Å². The molecular weight excluding hydrogens is 170 g/mol. The molecule has 0 aliphatic heterocycles. The number of hydrogen-bond acceptors (Lipinski definition) is 4. The van der Waals surface area contributed by atoms with Gasteiger partial charge in [-0.3, -0.25) is 0 Å². The Morgan fingerprint density at radius 1 is 1.46 bits per heavy atom. The van der Waals surface area contributed by atoms with Gasteiger partial charge in [-0.1, -0.05) is 0 Å². The first-order valence-electron chi connectivity index (χ1n) is 4.70. The number of aliphatic hydroxyl groups excluding tert-OH is 1. The van der Waals surface area contributed by atoms with E-state index in [4.69, 9.17) is 15.2 Å². The van der Waals surface area contributed by atoms with Crippen LogP contribution in [0.15, 0.2) is 0 Å². The van der Waals surface area contributed by atoms with Crippen molar-refractivity contribution in [2.45, 2.75) is 18.9 Å². The molecule has 1 aliphatic carbocycles. The molecule has 1 rings (SSSR count). The molecule has 78 valence electrons. The van der Waals surface area contributed by atoms with Crippen molar-refractivity contribution in [2.24, 2.45) is 11.1 Å². The highest BCUT2D eigenvalue weighted by molar-refractivity contribution is 4.99. The zero-order chi connectivity index (χ0) is 9.73. The van der Waals surface area contributed by atoms with Gasteiger partial charge in [-0.15, -0.1) is 0 Å². The van der Waals surface area contributed by atoms with Crippen LogP contribution in [0.4, 0.5) is 0 Å². The Kier molecular flexibility index (Phi) is 4.12. The van der Waals surface area contributed by atoms with E-state index in [1.165, 1.54) is 0 Å². The van der Waals surface area contributed by atoms with Crippen LogP contribution in [0, 0.1) is 5.41 Å². The highest BCUT2D eigenvalue weighted by atomic mass is 16.5. The maximum Gasteiger partial charge on any atom is 0.0841 e. The van der Waals surface area contributed by atoms with Crippen molar-refractivity contribution in [3.05, 3.63) is 0 Å². The van der Waals surface area contributed by atoms with E-state index >= 15 is 0 Å². The van der Waals surface area contributed by atoms with Crippen LogP contribution < -0.4 is 5.73 Å². The van der Waals surface area contributed by atoms with Gasteiger partial charge in [0, 0.05) is 19.1 Å². The summed E-state index contributed by atoms with van der Waals surface area (Å²) in [4.78, 5) is 0. The Balaban J connectivity index is 2.07. The zero-order valence-electron chi connectivity index (χ0n) is 8.16. The van der Waals surface area contributed by atoms with Gasteiger partial charge in [-0.25, -0.2) is 0 Å². The van der Waals surface area contributed by atoms with E-state index in [0.717, 1.165) is 12.8 Å². The third-order valence-corrected chi connectivity index (χ3v) is 2.71. The van der Waals surface area contributed by atoms with Gasteiger partial charge in [-0.05, 0) is 12.8 Å².